The van der Waals surface area contributed by atoms with Gasteiger partial charge in [-0.25, -0.2) is 13.4 Å². The number of Topliss-reactive ketones (excluding diaryl/α,β-unsaturated/α-hetero) is 1. The van der Waals surface area contributed by atoms with Crippen LogP contribution >= 0.6 is 11.3 Å². The van der Waals surface area contributed by atoms with Crippen LogP contribution in [0.5, 0.6) is 5.75 Å². The number of hydrogen-bond acceptors (Lipinski definition) is 6. The maximum atomic E-state index is 12.8. The van der Waals surface area contributed by atoms with Crippen molar-refractivity contribution >= 4 is 27.0 Å². The van der Waals surface area contributed by atoms with Crippen molar-refractivity contribution in [2.75, 3.05) is 18.1 Å². The first-order valence-electron chi connectivity index (χ1n) is 9.81. The molecule has 0 N–H and O–H groups in total. The van der Waals surface area contributed by atoms with Gasteiger partial charge < -0.3 is 9.30 Å². The van der Waals surface area contributed by atoms with E-state index in [0.29, 0.717) is 17.7 Å². The lowest BCUT2D eigenvalue weighted by Crippen LogP contribution is -2.16. The molecule has 6 nitrogen and oxygen atoms in total. The lowest BCUT2D eigenvalue weighted by Gasteiger charge is -2.16. The molecule has 30 heavy (non-hydrogen) atoms. The molecular formula is C22H24N2O4S2. The minimum atomic E-state index is -2.99. The smallest absolute Gasteiger partial charge is 0.202 e. The molecule has 1 aliphatic heterocycles. The first kappa shape index (κ1) is 20.8. The number of rotatable bonds is 6. The summed E-state index contributed by atoms with van der Waals surface area (Å²) in [7, 11) is -2.99. The lowest BCUT2D eigenvalue weighted by molar-refractivity contribution is 0.0920. The van der Waals surface area contributed by atoms with E-state index in [1.807, 2.05) is 61.1 Å². The Bertz CT molecular complexity index is 1190. The number of ether oxygens (including phenoxy) is 1. The van der Waals surface area contributed by atoms with Gasteiger partial charge in [0, 0.05) is 39.6 Å². The summed E-state index contributed by atoms with van der Waals surface area (Å²) in [6, 6.07) is 9.28. The van der Waals surface area contributed by atoms with E-state index >= 15 is 0 Å². The Morgan fingerprint density at radius 2 is 1.97 bits per heavy atom. The van der Waals surface area contributed by atoms with E-state index in [9.17, 15) is 13.2 Å². The van der Waals surface area contributed by atoms with Crippen molar-refractivity contribution in [1.29, 1.82) is 0 Å². The second-order valence-corrected chi connectivity index (χ2v) is 10.8. The fraction of sp³-hybridized carbons (Fsp3) is 0.364. The molecular weight excluding hydrogens is 420 g/mol. The average Bonchev–Trinajstić information content (AvgIpc) is 3.37. The topological polar surface area (TPSA) is 78.3 Å². The molecule has 4 rings (SSSR count). The Kier molecular flexibility index (Phi) is 5.55. The Hall–Kier alpha value is -2.45. The molecule has 1 aromatic carbocycles. The molecule has 3 aromatic rings. The van der Waals surface area contributed by atoms with E-state index in [1.165, 1.54) is 0 Å². The van der Waals surface area contributed by atoms with E-state index in [4.69, 9.17) is 4.74 Å². The second-order valence-electron chi connectivity index (χ2n) is 7.74. The van der Waals surface area contributed by atoms with Crippen molar-refractivity contribution in [2.24, 2.45) is 0 Å². The summed E-state index contributed by atoms with van der Waals surface area (Å²) >= 11 is 1.59. The third kappa shape index (κ3) is 4.20. The SMILES string of the molecule is Cc1csc(-c2ccc(OCC(=O)c3cc(C)n(C4CCS(=O)(=O)C4)c3C)cc2)n1. The summed E-state index contributed by atoms with van der Waals surface area (Å²) in [4.78, 5) is 17.2. The number of hydrogen-bond donors (Lipinski definition) is 0. The van der Waals surface area contributed by atoms with E-state index < -0.39 is 9.84 Å². The molecule has 8 heteroatoms. The minimum absolute atomic E-state index is 0.0665. The van der Waals surface area contributed by atoms with Crippen LogP contribution in [0.2, 0.25) is 0 Å². The summed E-state index contributed by atoms with van der Waals surface area (Å²) in [5.41, 5.74) is 4.31. The number of sulfone groups is 1. The third-order valence-electron chi connectivity index (χ3n) is 5.45. The lowest BCUT2D eigenvalue weighted by atomic mass is 10.1. The largest absolute Gasteiger partial charge is 0.485 e. The maximum Gasteiger partial charge on any atom is 0.202 e. The van der Waals surface area contributed by atoms with Crippen molar-refractivity contribution < 1.29 is 17.9 Å². The molecule has 0 bridgehead atoms. The molecule has 0 radical (unpaired) electrons. The highest BCUT2D eigenvalue weighted by atomic mass is 32.2. The molecule has 1 atom stereocenters. The van der Waals surface area contributed by atoms with Gasteiger partial charge in [0.15, 0.2) is 16.4 Å². The third-order valence-corrected chi connectivity index (χ3v) is 8.21. The van der Waals surface area contributed by atoms with E-state index in [1.54, 1.807) is 11.3 Å². The van der Waals surface area contributed by atoms with Crippen LogP contribution in [0, 0.1) is 20.8 Å². The van der Waals surface area contributed by atoms with Gasteiger partial charge in [-0.2, -0.15) is 0 Å². The van der Waals surface area contributed by atoms with Crippen molar-refractivity contribution in [2.45, 2.75) is 33.2 Å². The fourth-order valence-corrected chi connectivity index (χ4v) is 6.51. The monoisotopic (exact) mass is 444 g/mol. The highest BCUT2D eigenvalue weighted by molar-refractivity contribution is 7.91. The van der Waals surface area contributed by atoms with Crippen molar-refractivity contribution in [1.82, 2.24) is 9.55 Å². The molecule has 0 aliphatic carbocycles. The van der Waals surface area contributed by atoms with Gasteiger partial charge in [0.25, 0.3) is 0 Å². The standard InChI is InChI=1S/C22H24N2O4S2/c1-14-12-29-22(23-14)17-4-6-19(7-5-17)28-11-21(25)20-10-15(2)24(16(20)3)18-8-9-30(26,27)13-18/h4-7,10,12,18H,8-9,11,13H2,1-3H3. The molecule has 1 saturated heterocycles. The minimum Gasteiger partial charge on any atom is -0.485 e. The van der Waals surface area contributed by atoms with Crippen LogP contribution in [0.15, 0.2) is 35.7 Å². The summed E-state index contributed by atoms with van der Waals surface area (Å²) in [5, 5.41) is 2.96. The van der Waals surface area contributed by atoms with E-state index in [-0.39, 0.29) is 29.9 Å². The first-order valence-corrected chi connectivity index (χ1v) is 12.5. The quantitative estimate of drug-likeness (QED) is 0.534. The first-order chi connectivity index (χ1) is 14.2. The fourth-order valence-electron chi connectivity index (χ4n) is 4.01. The second kappa shape index (κ2) is 8.00. The predicted molar refractivity (Wildman–Crippen MR) is 118 cm³/mol. The highest BCUT2D eigenvalue weighted by Crippen LogP contribution is 2.30. The number of benzene rings is 1. The number of nitrogens with zero attached hydrogens (tertiary/aromatic N) is 2. The molecule has 2 aromatic heterocycles. The summed E-state index contributed by atoms with van der Waals surface area (Å²) in [5.74, 6) is 0.849. The van der Waals surface area contributed by atoms with E-state index in [2.05, 4.69) is 4.98 Å². The van der Waals surface area contributed by atoms with Crippen LogP contribution in [0.25, 0.3) is 10.6 Å². The average molecular weight is 445 g/mol. The zero-order valence-electron chi connectivity index (χ0n) is 17.2. The van der Waals surface area contributed by atoms with Gasteiger partial charge in [-0.1, -0.05) is 0 Å². The molecule has 1 aliphatic rings. The Morgan fingerprint density at radius 3 is 2.57 bits per heavy atom. The summed E-state index contributed by atoms with van der Waals surface area (Å²) in [6.45, 7) is 5.68. The number of carbonyl (C=O) groups is 1. The number of thiazole rings is 1. The normalized spacial score (nSPS) is 17.9. The molecule has 158 valence electrons. The summed E-state index contributed by atoms with van der Waals surface area (Å²) in [6.07, 6.45) is 0.591. The van der Waals surface area contributed by atoms with Gasteiger partial charge in [-0.3, -0.25) is 4.79 Å². The van der Waals surface area contributed by atoms with Crippen LogP contribution in [0.3, 0.4) is 0 Å². The maximum absolute atomic E-state index is 12.8. The van der Waals surface area contributed by atoms with E-state index in [0.717, 1.165) is 27.7 Å². The van der Waals surface area contributed by atoms with Crippen LogP contribution in [-0.4, -0.2) is 41.9 Å². The number of carbonyl (C=O) groups excluding carboxylic acids is 1. The highest BCUT2D eigenvalue weighted by Gasteiger charge is 2.31. The number of aryl methyl sites for hydroxylation is 2. The molecule has 3 heterocycles. The van der Waals surface area contributed by atoms with Gasteiger partial charge in [0.2, 0.25) is 5.78 Å². The summed E-state index contributed by atoms with van der Waals surface area (Å²) < 4.78 is 31.4. The Balaban J connectivity index is 1.44. The molecule has 1 unspecified atom stereocenters. The van der Waals surface area contributed by atoms with Gasteiger partial charge in [0.1, 0.15) is 10.8 Å². The van der Waals surface area contributed by atoms with Crippen LogP contribution in [0.4, 0.5) is 0 Å². The van der Waals surface area contributed by atoms with Gasteiger partial charge in [-0.05, 0) is 57.5 Å². The van der Waals surface area contributed by atoms with Crippen LogP contribution < -0.4 is 4.74 Å². The van der Waals surface area contributed by atoms with Gasteiger partial charge in [0.05, 0.1) is 11.5 Å². The number of aromatic nitrogens is 2. The number of ketones is 1. The Morgan fingerprint density at radius 1 is 1.23 bits per heavy atom. The molecule has 0 amide bonds. The van der Waals surface area contributed by atoms with Crippen molar-refractivity contribution in [3.63, 3.8) is 0 Å². The van der Waals surface area contributed by atoms with Crippen molar-refractivity contribution in [3.8, 4) is 16.3 Å². The van der Waals surface area contributed by atoms with Gasteiger partial charge >= 0.3 is 0 Å². The zero-order chi connectivity index (χ0) is 21.5. The van der Waals surface area contributed by atoms with Crippen LogP contribution in [-0.2, 0) is 9.84 Å². The predicted octanol–water partition coefficient (Wildman–Crippen LogP) is 4.16. The Labute approximate surface area is 180 Å². The van der Waals surface area contributed by atoms with Gasteiger partial charge in [-0.15, -0.1) is 11.3 Å². The molecule has 0 saturated carbocycles. The van der Waals surface area contributed by atoms with Crippen molar-refractivity contribution in [3.05, 3.63) is 58.4 Å². The van der Waals surface area contributed by atoms with Crippen LogP contribution in [0.1, 0.15) is 39.9 Å². The zero-order valence-corrected chi connectivity index (χ0v) is 18.8. The molecule has 1 fully saturated rings. The molecule has 0 spiro atoms.